The van der Waals surface area contributed by atoms with Crippen LogP contribution in [0.4, 0.5) is 5.69 Å². The van der Waals surface area contributed by atoms with Crippen LogP contribution in [-0.2, 0) is 9.53 Å². The Balaban J connectivity index is 1.94. The fourth-order valence-corrected chi connectivity index (χ4v) is 4.67. The molecule has 6 atom stereocenters. The number of pyridine rings is 1. The molecule has 1 aliphatic heterocycles. The molecule has 24 heavy (non-hydrogen) atoms. The first-order valence-electron chi connectivity index (χ1n) is 8.70. The zero-order valence-corrected chi connectivity index (χ0v) is 14.5. The third-order valence-corrected chi connectivity index (χ3v) is 5.75. The maximum atomic E-state index is 12.2. The first-order valence-corrected chi connectivity index (χ1v) is 8.70. The number of allylic oxidation sites excluding steroid dienone is 1. The van der Waals surface area contributed by atoms with Crippen LogP contribution in [0.5, 0.6) is 0 Å². The van der Waals surface area contributed by atoms with E-state index in [-0.39, 0.29) is 23.9 Å². The van der Waals surface area contributed by atoms with Gasteiger partial charge in [-0.1, -0.05) is 26.3 Å². The van der Waals surface area contributed by atoms with Gasteiger partial charge < -0.3 is 15.6 Å². The van der Waals surface area contributed by atoms with E-state index in [0.29, 0.717) is 18.0 Å². The third-order valence-electron chi connectivity index (χ3n) is 5.75. The number of nitrogens with two attached hydrogens (primary N) is 1. The first-order chi connectivity index (χ1) is 11.4. The van der Waals surface area contributed by atoms with Gasteiger partial charge in [0, 0.05) is 5.92 Å². The number of hydrogen-bond acceptors (Lipinski definition) is 5. The summed E-state index contributed by atoms with van der Waals surface area (Å²) < 4.78 is 5.40. The van der Waals surface area contributed by atoms with Gasteiger partial charge in [0.15, 0.2) is 5.60 Å². The summed E-state index contributed by atoms with van der Waals surface area (Å²) in [5.41, 5.74) is 5.75. The second kappa shape index (κ2) is 6.20. The van der Waals surface area contributed by atoms with E-state index in [1.165, 1.54) is 0 Å². The summed E-state index contributed by atoms with van der Waals surface area (Å²) in [4.78, 5) is 16.5. The minimum absolute atomic E-state index is 0.0737. The number of rotatable bonds is 3. The summed E-state index contributed by atoms with van der Waals surface area (Å²) in [6.45, 7) is 6.16. The molecular weight excluding hydrogens is 304 g/mol. The molecule has 5 nitrogen and oxygen atoms in total. The molecule has 1 saturated carbocycles. The average Bonchev–Trinajstić information content (AvgIpc) is 2.75. The molecule has 0 bridgehead atoms. The van der Waals surface area contributed by atoms with Gasteiger partial charge in [-0.15, -0.1) is 0 Å². The SMILES string of the molecule is CCC1C(C)CC2(O)C(=O)OC(C)C2C1/C=C/c1ccc(N)cn1. The van der Waals surface area contributed by atoms with Gasteiger partial charge in [0.2, 0.25) is 0 Å². The molecule has 1 aromatic rings. The Kier molecular flexibility index (Phi) is 4.38. The van der Waals surface area contributed by atoms with Crippen molar-refractivity contribution >= 4 is 17.7 Å². The topological polar surface area (TPSA) is 85.4 Å². The molecule has 1 aliphatic carbocycles. The third kappa shape index (κ3) is 2.71. The van der Waals surface area contributed by atoms with E-state index in [2.05, 4.69) is 24.9 Å². The van der Waals surface area contributed by atoms with Crippen LogP contribution in [0.15, 0.2) is 24.4 Å². The predicted octanol–water partition coefficient (Wildman–Crippen LogP) is 2.65. The number of nitrogens with zero attached hydrogens (tertiary/aromatic N) is 1. The van der Waals surface area contributed by atoms with Crippen LogP contribution in [0.2, 0.25) is 0 Å². The maximum absolute atomic E-state index is 12.2. The monoisotopic (exact) mass is 330 g/mol. The lowest BCUT2D eigenvalue weighted by atomic mass is 9.59. The zero-order chi connectivity index (χ0) is 17.5. The van der Waals surface area contributed by atoms with Gasteiger partial charge in [-0.25, -0.2) is 4.79 Å². The highest BCUT2D eigenvalue weighted by atomic mass is 16.6. The van der Waals surface area contributed by atoms with Crippen molar-refractivity contribution in [2.75, 3.05) is 5.73 Å². The second-order valence-corrected chi connectivity index (χ2v) is 7.27. The highest BCUT2D eigenvalue weighted by Gasteiger charge is 2.62. The minimum Gasteiger partial charge on any atom is -0.460 e. The molecule has 3 N–H and O–H groups in total. The normalized spacial score (nSPS) is 39.0. The molecule has 2 fully saturated rings. The van der Waals surface area contributed by atoms with Gasteiger partial charge in [-0.2, -0.15) is 0 Å². The van der Waals surface area contributed by atoms with Crippen LogP contribution in [-0.4, -0.2) is 27.8 Å². The minimum atomic E-state index is -1.37. The first kappa shape index (κ1) is 17.0. The zero-order valence-electron chi connectivity index (χ0n) is 14.5. The molecule has 0 spiro atoms. The molecule has 2 heterocycles. The number of aliphatic hydroxyl groups is 1. The molecule has 2 aliphatic rings. The standard InChI is InChI=1S/C19H26N2O3/c1-4-15-11(2)9-19(23)17(12(3)24-18(19)22)16(15)8-7-14-6-5-13(20)10-21-14/h5-8,10-12,15-17,23H,4,9,20H2,1-3H3/b8-7+. The summed E-state index contributed by atoms with van der Waals surface area (Å²) >= 11 is 0. The number of carbonyl (C=O) groups excluding carboxylic acids is 1. The largest absolute Gasteiger partial charge is 0.460 e. The Bertz CT molecular complexity index is 643. The van der Waals surface area contributed by atoms with Gasteiger partial charge in [-0.05, 0) is 49.3 Å². The van der Waals surface area contributed by atoms with Crippen molar-refractivity contribution in [2.45, 2.75) is 45.3 Å². The van der Waals surface area contributed by atoms with Crippen molar-refractivity contribution in [1.82, 2.24) is 4.98 Å². The second-order valence-electron chi connectivity index (χ2n) is 7.27. The van der Waals surface area contributed by atoms with Crippen LogP contribution in [0.25, 0.3) is 6.08 Å². The van der Waals surface area contributed by atoms with E-state index in [9.17, 15) is 9.90 Å². The van der Waals surface area contributed by atoms with E-state index in [4.69, 9.17) is 10.5 Å². The van der Waals surface area contributed by atoms with Gasteiger partial charge in [0.05, 0.1) is 17.6 Å². The lowest BCUT2D eigenvalue weighted by Gasteiger charge is -2.45. The Morgan fingerprint density at radius 3 is 2.83 bits per heavy atom. The van der Waals surface area contributed by atoms with Crippen LogP contribution < -0.4 is 5.73 Å². The summed E-state index contributed by atoms with van der Waals surface area (Å²) in [5, 5.41) is 11.0. The number of ether oxygens (including phenoxy) is 1. The van der Waals surface area contributed by atoms with Crippen LogP contribution in [0.3, 0.4) is 0 Å². The number of carbonyl (C=O) groups is 1. The Morgan fingerprint density at radius 2 is 2.21 bits per heavy atom. The summed E-state index contributed by atoms with van der Waals surface area (Å²) in [6, 6.07) is 3.68. The quantitative estimate of drug-likeness (QED) is 0.832. The number of anilines is 1. The fraction of sp³-hybridized carbons (Fsp3) is 0.579. The van der Waals surface area contributed by atoms with Crippen molar-refractivity contribution in [3.8, 4) is 0 Å². The Hall–Kier alpha value is -1.88. The molecule has 130 valence electrons. The van der Waals surface area contributed by atoms with E-state index in [1.54, 1.807) is 6.20 Å². The number of esters is 1. The lowest BCUT2D eigenvalue weighted by Crippen LogP contribution is -2.53. The summed E-state index contributed by atoms with van der Waals surface area (Å²) in [5.74, 6) is 0.0477. The van der Waals surface area contributed by atoms with Crippen LogP contribution >= 0.6 is 0 Å². The van der Waals surface area contributed by atoms with Gasteiger partial charge in [0.25, 0.3) is 0 Å². The van der Waals surface area contributed by atoms with E-state index < -0.39 is 11.6 Å². The fourth-order valence-electron chi connectivity index (χ4n) is 4.67. The highest BCUT2D eigenvalue weighted by molar-refractivity contribution is 5.82. The smallest absolute Gasteiger partial charge is 0.338 e. The molecule has 1 aromatic heterocycles. The number of aromatic nitrogens is 1. The number of cyclic esters (lactones) is 1. The molecule has 0 aromatic carbocycles. The maximum Gasteiger partial charge on any atom is 0.338 e. The molecule has 6 unspecified atom stereocenters. The van der Waals surface area contributed by atoms with E-state index >= 15 is 0 Å². The number of hydrogen-bond donors (Lipinski definition) is 2. The molecule has 5 heteroatoms. The molecule has 1 saturated heterocycles. The van der Waals surface area contributed by atoms with Crippen molar-refractivity contribution in [2.24, 2.45) is 23.7 Å². The highest BCUT2D eigenvalue weighted by Crippen LogP contribution is 2.52. The van der Waals surface area contributed by atoms with Crippen molar-refractivity contribution in [3.63, 3.8) is 0 Å². The number of fused-ring (bicyclic) bond motifs is 1. The van der Waals surface area contributed by atoms with Crippen molar-refractivity contribution in [3.05, 3.63) is 30.1 Å². The van der Waals surface area contributed by atoms with Crippen molar-refractivity contribution < 1.29 is 14.6 Å². The van der Waals surface area contributed by atoms with Gasteiger partial charge in [-0.3, -0.25) is 4.98 Å². The van der Waals surface area contributed by atoms with E-state index in [1.807, 2.05) is 25.1 Å². The van der Waals surface area contributed by atoms with E-state index in [0.717, 1.165) is 12.1 Å². The Labute approximate surface area is 142 Å². The van der Waals surface area contributed by atoms with Gasteiger partial charge in [0.1, 0.15) is 6.10 Å². The Morgan fingerprint density at radius 1 is 1.46 bits per heavy atom. The lowest BCUT2D eigenvalue weighted by molar-refractivity contribution is -0.160. The average molecular weight is 330 g/mol. The summed E-state index contributed by atoms with van der Waals surface area (Å²) in [7, 11) is 0. The molecule has 0 amide bonds. The predicted molar refractivity (Wildman–Crippen MR) is 92.7 cm³/mol. The number of nitrogen functional groups attached to an aromatic ring is 1. The van der Waals surface area contributed by atoms with Gasteiger partial charge >= 0.3 is 5.97 Å². The molecule has 3 rings (SSSR count). The van der Waals surface area contributed by atoms with Crippen LogP contribution in [0, 0.1) is 23.7 Å². The summed E-state index contributed by atoms with van der Waals surface area (Å²) in [6.07, 6.45) is 6.87. The molecule has 0 radical (unpaired) electrons. The molecular formula is C19H26N2O3. The van der Waals surface area contributed by atoms with Crippen molar-refractivity contribution in [1.29, 1.82) is 0 Å². The van der Waals surface area contributed by atoms with Crippen LogP contribution in [0.1, 0.15) is 39.3 Å².